The molecule has 3 heterocycles. The number of furan rings is 1. The number of nitrogens with zero attached hydrogens (tertiary/aromatic N) is 1. The Kier molecular flexibility index (Phi) is 5.35. The van der Waals surface area contributed by atoms with Gasteiger partial charge in [-0.15, -0.1) is 24.8 Å². The topological polar surface area (TPSA) is 42.4 Å². The van der Waals surface area contributed by atoms with Gasteiger partial charge in [-0.25, -0.2) is 0 Å². The van der Waals surface area contributed by atoms with E-state index in [-0.39, 0.29) is 36.4 Å². The summed E-state index contributed by atoms with van der Waals surface area (Å²) in [5, 5.41) is 0. The lowest BCUT2D eigenvalue weighted by Gasteiger charge is -2.55. The molecule has 1 saturated carbocycles. The van der Waals surface area contributed by atoms with E-state index in [0.717, 1.165) is 17.4 Å². The van der Waals surface area contributed by atoms with E-state index in [1.165, 1.54) is 32.2 Å². The van der Waals surface area contributed by atoms with Crippen molar-refractivity contribution in [3.63, 3.8) is 0 Å². The van der Waals surface area contributed by atoms with Gasteiger partial charge in [0.25, 0.3) is 0 Å². The number of nitrogens with two attached hydrogens (primary N) is 1. The zero-order valence-corrected chi connectivity index (χ0v) is 13.2. The molecular formula is C14H24Cl2N2O. The smallest absolute Gasteiger partial charge is 0.122 e. The SMILES string of the molecule is Cc1ccc(C(N)C23CCC(CC2)CN3C)o1.Cl.Cl. The number of rotatable bonds is 2. The zero-order chi connectivity index (χ0) is 12.0. The molecule has 2 aliphatic heterocycles. The molecule has 3 fully saturated rings. The standard InChI is InChI=1S/C14H22N2O.2ClH/c1-10-3-4-12(17-10)13(15)14-7-5-11(6-8-14)9-16(14)2;;/h3-4,11,13H,5-9,15H2,1-2H3;2*1H. The highest BCUT2D eigenvalue weighted by atomic mass is 35.5. The number of likely N-dealkylation sites (N-methyl/N-ethyl adjacent to an activating group) is 1. The third kappa shape index (κ3) is 2.66. The van der Waals surface area contributed by atoms with Gasteiger partial charge in [-0.2, -0.15) is 0 Å². The van der Waals surface area contributed by atoms with Gasteiger partial charge in [-0.05, 0) is 57.7 Å². The Morgan fingerprint density at radius 3 is 2.42 bits per heavy atom. The maximum absolute atomic E-state index is 6.51. The summed E-state index contributed by atoms with van der Waals surface area (Å²) in [5.41, 5.74) is 6.65. The van der Waals surface area contributed by atoms with Crippen molar-refractivity contribution < 1.29 is 4.42 Å². The Labute approximate surface area is 127 Å². The molecule has 1 aromatic rings. The van der Waals surface area contributed by atoms with Gasteiger partial charge >= 0.3 is 0 Å². The van der Waals surface area contributed by atoms with Gasteiger partial charge in [-0.1, -0.05) is 0 Å². The summed E-state index contributed by atoms with van der Waals surface area (Å²) < 4.78 is 5.74. The van der Waals surface area contributed by atoms with E-state index >= 15 is 0 Å². The third-order valence-corrected chi connectivity index (χ3v) is 4.91. The molecule has 2 bridgehead atoms. The Bertz CT molecular complexity index is 413. The maximum Gasteiger partial charge on any atom is 0.122 e. The molecule has 2 saturated heterocycles. The molecule has 1 unspecified atom stereocenters. The molecular weight excluding hydrogens is 283 g/mol. The van der Waals surface area contributed by atoms with Gasteiger partial charge in [0.2, 0.25) is 0 Å². The van der Waals surface area contributed by atoms with E-state index in [0.29, 0.717) is 0 Å². The highest BCUT2D eigenvalue weighted by molar-refractivity contribution is 5.85. The lowest BCUT2D eigenvalue weighted by Crippen LogP contribution is -2.61. The number of fused-ring (bicyclic) bond motifs is 3. The second kappa shape index (κ2) is 6.04. The average Bonchev–Trinajstić information content (AvgIpc) is 2.76. The van der Waals surface area contributed by atoms with Crippen molar-refractivity contribution in [2.75, 3.05) is 13.6 Å². The third-order valence-electron chi connectivity index (χ3n) is 4.91. The normalized spacial score (nSPS) is 31.4. The second-order valence-electron chi connectivity index (χ2n) is 5.85. The van der Waals surface area contributed by atoms with Crippen LogP contribution in [0, 0.1) is 12.8 Å². The molecule has 0 radical (unpaired) electrons. The monoisotopic (exact) mass is 306 g/mol. The fraction of sp³-hybridized carbons (Fsp3) is 0.714. The lowest BCUT2D eigenvalue weighted by atomic mass is 9.67. The molecule has 3 aliphatic rings. The van der Waals surface area contributed by atoms with Crippen LogP contribution in [0.4, 0.5) is 0 Å². The Morgan fingerprint density at radius 2 is 1.95 bits per heavy atom. The van der Waals surface area contributed by atoms with Crippen LogP contribution in [0.5, 0.6) is 0 Å². The summed E-state index contributed by atoms with van der Waals surface area (Å²) >= 11 is 0. The molecule has 1 atom stereocenters. The van der Waals surface area contributed by atoms with Crippen molar-refractivity contribution in [1.29, 1.82) is 0 Å². The number of hydrogen-bond donors (Lipinski definition) is 1. The molecule has 110 valence electrons. The summed E-state index contributed by atoms with van der Waals surface area (Å²) in [5.74, 6) is 2.81. The van der Waals surface area contributed by atoms with Gasteiger partial charge in [0.15, 0.2) is 0 Å². The minimum absolute atomic E-state index is 0. The fourth-order valence-corrected chi connectivity index (χ4v) is 3.74. The molecule has 4 rings (SSSR count). The Morgan fingerprint density at radius 1 is 1.32 bits per heavy atom. The van der Waals surface area contributed by atoms with Crippen LogP contribution >= 0.6 is 24.8 Å². The van der Waals surface area contributed by atoms with E-state index in [1.54, 1.807) is 0 Å². The maximum atomic E-state index is 6.51. The van der Waals surface area contributed by atoms with E-state index in [2.05, 4.69) is 11.9 Å². The Balaban J connectivity index is 0.000000902. The fourth-order valence-electron chi connectivity index (χ4n) is 3.74. The number of halogens is 2. The van der Waals surface area contributed by atoms with Gasteiger partial charge in [-0.3, -0.25) is 4.90 Å². The summed E-state index contributed by atoms with van der Waals surface area (Å²) in [6, 6.07) is 4.08. The predicted molar refractivity (Wildman–Crippen MR) is 82.2 cm³/mol. The van der Waals surface area contributed by atoms with Crippen LogP contribution in [0.25, 0.3) is 0 Å². The van der Waals surface area contributed by atoms with Crippen molar-refractivity contribution in [2.45, 2.75) is 44.2 Å². The summed E-state index contributed by atoms with van der Waals surface area (Å²) in [6.45, 7) is 3.18. The lowest BCUT2D eigenvalue weighted by molar-refractivity contribution is -0.0376. The van der Waals surface area contributed by atoms with Gasteiger partial charge in [0, 0.05) is 12.1 Å². The largest absolute Gasteiger partial charge is 0.465 e. The summed E-state index contributed by atoms with van der Waals surface area (Å²) in [7, 11) is 2.22. The highest BCUT2D eigenvalue weighted by Crippen LogP contribution is 2.48. The summed E-state index contributed by atoms with van der Waals surface area (Å²) in [4.78, 5) is 2.48. The van der Waals surface area contributed by atoms with Crippen LogP contribution < -0.4 is 5.73 Å². The zero-order valence-electron chi connectivity index (χ0n) is 11.6. The van der Waals surface area contributed by atoms with Crippen molar-refractivity contribution in [3.05, 3.63) is 23.7 Å². The molecule has 0 amide bonds. The first-order valence-corrected chi connectivity index (χ1v) is 6.65. The first-order chi connectivity index (χ1) is 8.12. The van der Waals surface area contributed by atoms with Crippen LogP contribution in [0.3, 0.4) is 0 Å². The Hall–Kier alpha value is -0.220. The number of piperidine rings is 2. The van der Waals surface area contributed by atoms with E-state index in [1.807, 2.05) is 19.1 Å². The van der Waals surface area contributed by atoms with E-state index < -0.39 is 0 Å². The second-order valence-corrected chi connectivity index (χ2v) is 5.85. The molecule has 1 aliphatic carbocycles. The van der Waals surface area contributed by atoms with Crippen LogP contribution in [0.1, 0.15) is 43.2 Å². The van der Waals surface area contributed by atoms with Gasteiger partial charge < -0.3 is 10.2 Å². The first-order valence-electron chi connectivity index (χ1n) is 6.65. The van der Waals surface area contributed by atoms with Gasteiger partial charge in [0.05, 0.1) is 6.04 Å². The minimum atomic E-state index is 0. The van der Waals surface area contributed by atoms with E-state index in [4.69, 9.17) is 10.2 Å². The highest BCUT2D eigenvalue weighted by Gasteiger charge is 2.49. The minimum Gasteiger partial charge on any atom is -0.465 e. The van der Waals surface area contributed by atoms with Crippen molar-refractivity contribution in [3.8, 4) is 0 Å². The molecule has 3 nitrogen and oxygen atoms in total. The number of aryl methyl sites for hydroxylation is 1. The van der Waals surface area contributed by atoms with Crippen molar-refractivity contribution in [2.24, 2.45) is 11.7 Å². The van der Waals surface area contributed by atoms with Crippen LogP contribution in [-0.2, 0) is 0 Å². The predicted octanol–water partition coefficient (Wildman–Crippen LogP) is 3.31. The van der Waals surface area contributed by atoms with Crippen molar-refractivity contribution in [1.82, 2.24) is 4.90 Å². The molecule has 0 aromatic carbocycles. The van der Waals surface area contributed by atoms with Gasteiger partial charge in [0.1, 0.15) is 11.5 Å². The summed E-state index contributed by atoms with van der Waals surface area (Å²) in [6.07, 6.45) is 5.10. The van der Waals surface area contributed by atoms with E-state index in [9.17, 15) is 0 Å². The van der Waals surface area contributed by atoms with Crippen LogP contribution in [0.15, 0.2) is 16.5 Å². The molecule has 2 N–H and O–H groups in total. The number of hydrogen-bond acceptors (Lipinski definition) is 3. The first kappa shape index (κ1) is 16.8. The van der Waals surface area contributed by atoms with Crippen LogP contribution in [0.2, 0.25) is 0 Å². The molecule has 5 heteroatoms. The molecule has 0 spiro atoms. The molecule has 19 heavy (non-hydrogen) atoms. The average molecular weight is 307 g/mol. The van der Waals surface area contributed by atoms with Crippen LogP contribution in [-0.4, -0.2) is 24.0 Å². The quantitative estimate of drug-likeness (QED) is 0.911. The molecule has 1 aromatic heterocycles. The van der Waals surface area contributed by atoms with Crippen molar-refractivity contribution >= 4 is 24.8 Å².